The average Bonchev–Trinajstić information content (AvgIpc) is 2.42. The summed E-state index contributed by atoms with van der Waals surface area (Å²) < 4.78 is 5.62. The molecule has 0 aliphatic carbocycles. The zero-order chi connectivity index (χ0) is 13.2. The lowest BCUT2D eigenvalue weighted by Gasteiger charge is -2.22. The zero-order valence-electron chi connectivity index (χ0n) is 11.6. The number of hydrogen-bond acceptors (Lipinski definition) is 3. The van der Waals surface area contributed by atoms with Crippen molar-refractivity contribution in [1.82, 2.24) is 5.32 Å². The van der Waals surface area contributed by atoms with E-state index >= 15 is 0 Å². The van der Waals surface area contributed by atoms with Crippen molar-refractivity contribution in [3.05, 3.63) is 0 Å². The van der Waals surface area contributed by atoms with E-state index in [1.807, 2.05) is 0 Å². The van der Waals surface area contributed by atoms with Gasteiger partial charge >= 0.3 is 0 Å². The number of nitrogens with two attached hydrogens (primary N) is 1. The van der Waals surface area contributed by atoms with E-state index in [9.17, 15) is 4.79 Å². The molecule has 1 rings (SSSR count). The molecule has 0 aromatic rings. The lowest BCUT2D eigenvalue weighted by atomic mass is 10.0. The average molecular weight is 256 g/mol. The van der Waals surface area contributed by atoms with E-state index in [1.165, 1.54) is 12.8 Å². The maximum Gasteiger partial charge on any atom is 0.220 e. The van der Waals surface area contributed by atoms with Gasteiger partial charge in [0, 0.05) is 19.6 Å². The topological polar surface area (TPSA) is 64.3 Å². The molecule has 0 spiro atoms. The van der Waals surface area contributed by atoms with E-state index in [4.69, 9.17) is 10.5 Å². The highest BCUT2D eigenvalue weighted by Crippen LogP contribution is 2.16. The maximum atomic E-state index is 11.7. The van der Waals surface area contributed by atoms with E-state index in [1.54, 1.807) is 0 Å². The van der Waals surface area contributed by atoms with Crippen LogP contribution in [0.1, 0.15) is 51.9 Å². The van der Waals surface area contributed by atoms with Crippen molar-refractivity contribution in [3.8, 4) is 0 Å². The molecule has 0 aromatic carbocycles. The molecule has 1 fully saturated rings. The van der Waals surface area contributed by atoms with Crippen molar-refractivity contribution in [2.45, 2.75) is 58.0 Å². The third kappa shape index (κ3) is 6.36. The van der Waals surface area contributed by atoms with Crippen LogP contribution < -0.4 is 11.1 Å². The Balaban J connectivity index is 2.08. The Bertz CT molecular complexity index is 217. The van der Waals surface area contributed by atoms with E-state index in [0.29, 0.717) is 25.0 Å². The summed E-state index contributed by atoms with van der Waals surface area (Å²) >= 11 is 0. The van der Waals surface area contributed by atoms with Crippen LogP contribution in [-0.2, 0) is 9.53 Å². The van der Waals surface area contributed by atoms with Crippen molar-refractivity contribution in [2.24, 2.45) is 11.7 Å². The summed E-state index contributed by atoms with van der Waals surface area (Å²) in [4.78, 5) is 11.7. The molecule has 4 heteroatoms. The predicted molar refractivity (Wildman–Crippen MR) is 73.3 cm³/mol. The van der Waals surface area contributed by atoms with Crippen molar-refractivity contribution >= 4 is 5.91 Å². The molecule has 18 heavy (non-hydrogen) atoms. The highest BCUT2D eigenvalue weighted by molar-refractivity contribution is 5.75. The molecule has 1 aliphatic heterocycles. The molecule has 1 aliphatic rings. The van der Waals surface area contributed by atoms with E-state index < -0.39 is 0 Å². The number of carbonyl (C=O) groups is 1. The quantitative estimate of drug-likeness (QED) is 0.696. The second-order valence-corrected chi connectivity index (χ2v) is 5.18. The third-order valence-corrected chi connectivity index (χ3v) is 3.71. The van der Waals surface area contributed by atoms with Gasteiger partial charge in [0.25, 0.3) is 0 Å². The normalized spacial score (nSPS) is 21.6. The fourth-order valence-corrected chi connectivity index (χ4v) is 2.36. The summed E-state index contributed by atoms with van der Waals surface area (Å²) in [7, 11) is 0. The lowest BCUT2D eigenvalue weighted by molar-refractivity contribution is -0.122. The fourth-order valence-electron chi connectivity index (χ4n) is 2.36. The van der Waals surface area contributed by atoms with Crippen LogP contribution in [0.15, 0.2) is 0 Å². The fraction of sp³-hybridized carbons (Fsp3) is 0.929. The van der Waals surface area contributed by atoms with Crippen molar-refractivity contribution in [3.63, 3.8) is 0 Å². The van der Waals surface area contributed by atoms with Crippen LogP contribution in [0.5, 0.6) is 0 Å². The summed E-state index contributed by atoms with van der Waals surface area (Å²) in [6.45, 7) is 4.46. The van der Waals surface area contributed by atoms with Crippen molar-refractivity contribution in [2.75, 3.05) is 19.7 Å². The molecule has 1 heterocycles. The first-order chi connectivity index (χ1) is 8.76. The highest BCUT2D eigenvalue weighted by Gasteiger charge is 2.15. The molecule has 0 aromatic heterocycles. The Labute approximate surface area is 111 Å². The van der Waals surface area contributed by atoms with Gasteiger partial charge in [-0.1, -0.05) is 13.3 Å². The van der Waals surface area contributed by atoms with Crippen LogP contribution in [0.4, 0.5) is 0 Å². The van der Waals surface area contributed by atoms with Gasteiger partial charge in [-0.15, -0.1) is 0 Å². The molecule has 0 radical (unpaired) electrons. The molecular weight excluding hydrogens is 228 g/mol. The minimum atomic E-state index is 0.152. The van der Waals surface area contributed by atoms with Gasteiger partial charge in [-0.2, -0.15) is 0 Å². The summed E-state index contributed by atoms with van der Waals surface area (Å²) in [6, 6.07) is 0. The number of ether oxygens (including phenoxy) is 1. The summed E-state index contributed by atoms with van der Waals surface area (Å²) in [6.07, 6.45) is 7.32. The molecule has 0 bridgehead atoms. The van der Waals surface area contributed by atoms with Gasteiger partial charge in [0.05, 0.1) is 6.10 Å². The minimum absolute atomic E-state index is 0.152. The Morgan fingerprint density at radius 3 is 2.94 bits per heavy atom. The van der Waals surface area contributed by atoms with Gasteiger partial charge in [-0.25, -0.2) is 0 Å². The number of hydrogen-bond donors (Lipinski definition) is 2. The van der Waals surface area contributed by atoms with Gasteiger partial charge in [0.15, 0.2) is 0 Å². The monoisotopic (exact) mass is 256 g/mol. The zero-order valence-corrected chi connectivity index (χ0v) is 11.6. The highest BCUT2D eigenvalue weighted by atomic mass is 16.5. The first kappa shape index (κ1) is 15.4. The number of rotatable bonds is 8. The van der Waals surface area contributed by atoms with Gasteiger partial charge < -0.3 is 15.8 Å². The number of nitrogens with one attached hydrogen (secondary N) is 1. The Hall–Kier alpha value is -0.610. The van der Waals surface area contributed by atoms with Crippen LogP contribution in [-0.4, -0.2) is 31.7 Å². The summed E-state index contributed by atoms with van der Waals surface area (Å²) in [5.74, 6) is 0.671. The SMILES string of the molecule is CCC(CCN)CNC(=O)CCC1CCCCO1. The van der Waals surface area contributed by atoms with Crippen LogP contribution in [0.3, 0.4) is 0 Å². The predicted octanol–water partition coefficient (Wildman–Crippen LogP) is 1.83. The first-order valence-corrected chi connectivity index (χ1v) is 7.34. The number of carbonyl (C=O) groups excluding carboxylic acids is 1. The molecule has 2 unspecified atom stereocenters. The summed E-state index contributed by atoms with van der Waals surface area (Å²) in [5, 5.41) is 3.01. The van der Waals surface area contributed by atoms with Gasteiger partial charge in [-0.05, 0) is 44.6 Å². The molecule has 1 saturated heterocycles. The van der Waals surface area contributed by atoms with Gasteiger partial charge in [-0.3, -0.25) is 4.79 Å². The van der Waals surface area contributed by atoms with Crippen LogP contribution >= 0.6 is 0 Å². The van der Waals surface area contributed by atoms with Gasteiger partial charge in [0.2, 0.25) is 5.91 Å². The molecule has 1 amide bonds. The Morgan fingerprint density at radius 1 is 1.50 bits per heavy atom. The number of amides is 1. The molecular formula is C14H28N2O2. The van der Waals surface area contributed by atoms with E-state index in [2.05, 4.69) is 12.2 Å². The second-order valence-electron chi connectivity index (χ2n) is 5.18. The molecule has 106 valence electrons. The van der Waals surface area contributed by atoms with Crippen LogP contribution in [0.25, 0.3) is 0 Å². The standard InChI is InChI=1S/C14H28N2O2/c1-2-12(8-9-15)11-16-14(17)7-6-13-5-3-4-10-18-13/h12-13H,2-11,15H2,1H3,(H,16,17). The first-order valence-electron chi connectivity index (χ1n) is 7.34. The smallest absolute Gasteiger partial charge is 0.220 e. The van der Waals surface area contributed by atoms with Crippen LogP contribution in [0.2, 0.25) is 0 Å². The Morgan fingerprint density at radius 2 is 2.33 bits per heavy atom. The van der Waals surface area contributed by atoms with E-state index in [-0.39, 0.29) is 5.91 Å². The largest absolute Gasteiger partial charge is 0.378 e. The minimum Gasteiger partial charge on any atom is -0.378 e. The Kier molecular flexibility index (Phi) is 8.01. The van der Waals surface area contributed by atoms with Crippen LogP contribution in [0, 0.1) is 5.92 Å². The molecule has 0 saturated carbocycles. The van der Waals surface area contributed by atoms with Crippen molar-refractivity contribution < 1.29 is 9.53 Å². The van der Waals surface area contributed by atoms with Gasteiger partial charge in [0.1, 0.15) is 0 Å². The molecule has 2 atom stereocenters. The molecule has 3 N–H and O–H groups in total. The summed E-state index contributed by atoms with van der Waals surface area (Å²) in [5.41, 5.74) is 5.54. The van der Waals surface area contributed by atoms with E-state index in [0.717, 1.165) is 38.8 Å². The lowest BCUT2D eigenvalue weighted by Crippen LogP contribution is -2.31. The third-order valence-electron chi connectivity index (χ3n) is 3.71. The second kappa shape index (κ2) is 9.34. The maximum absolute atomic E-state index is 11.7. The molecule has 4 nitrogen and oxygen atoms in total. The van der Waals surface area contributed by atoms with Crippen molar-refractivity contribution in [1.29, 1.82) is 0 Å².